The third-order valence-corrected chi connectivity index (χ3v) is 11.6. The summed E-state index contributed by atoms with van der Waals surface area (Å²) in [5.74, 6) is -0.128. The summed E-state index contributed by atoms with van der Waals surface area (Å²) in [7, 11) is 0. The van der Waals surface area contributed by atoms with Crippen LogP contribution in [0.25, 0.3) is 32.7 Å². The van der Waals surface area contributed by atoms with Gasteiger partial charge in [-0.1, -0.05) is 150 Å². The summed E-state index contributed by atoms with van der Waals surface area (Å²) in [5, 5.41) is 17.6. The second kappa shape index (κ2) is 20.3. The van der Waals surface area contributed by atoms with E-state index in [9.17, 15) is 19.5 Å². The quantitative estimate of drug-likeness (QED) is 0.0509. The number of aromatic hydroxyl groups is 1. The van der Waals surface area contributed by atoms with Gasteiger partial charge in [-0.15, -0.1) is 0 Å². The van der Waals surface area contributed by atoms with E-state index in [4.69, 9.17) is 4.99 Å². The van der Waals surface area contributed by atoms with Crippen LogP contribution in [0.2, 0.25) is 0 Å². The lowest BCUT2D eigenvalue weighted by molar-refractivity contribution is 0.406. The van der Waals surface area contributed by atoms with Gasteiger partial charge < -0.3 is 10.4 Å². The van der Waals surface area contributed by atoms with Crippen LogP contribution >= 0.6 is 0 Å². The van der Waals surface area contributed by atoms with Crippen molar-refractivity contribution in [1.82, 2.24) is 9.13 Å². The number of hydrogen-bond donors (Lipinski definition) is 2. The molecule has 0 atom stereocenters. The van der Waals surface area contributed by atoms with Gasteiger partial charge in [0.05, 0.1) is 27.4 Å². The van der Waals surface area contributed by atoms with Crippen LogP contribution in [0.5, 0.6) is 5.88 Å². The molecule has 1 aliphatic heterocycles. The molecule has 8 nitrogen and oxygen atoms in total. The molecule has 2 heterocycles. The Morgan fingerprint density at radius 3 is 1.70 bits per heavy atom. The minimum atomic E-state index is -0.373. The predicted molar refractivity (Wildman–Crippen MR) is 236 cm³/mol. The minimum Gasteiger partial charge on any atom is -0.494 e. The lowest BCUT2D eigenvalue weighted by atomic mass is 9.87. The van der Waals surface area contributed by atoms with Crippen LogP contribution in [-0.4, -0.2) is 20.8 Å². The van der Waals surface area contributed by atoms with E-state index < -0.39 is 0 Å². The summed E-state index contributed by atoms with van der Waals surface area (Å²) >= 11 is 0. The molecule has 8 heteroatoms. The van der Waals surface area contributed by atoms with Crippen molar-refractivity contribution in [3.8, 4) is 17.0 Å². The zero-order valence-electron chi connectivity index (χ0n) is 35.3. The first kappa shape index (κ1) is 42.9. The first-order chi connectivity index (χ1) is 27.0. The average molecular weight is 765 g/mol. The molecule has 0 radical (unpaired) electrons. The van der Waals surface area contributed by atoms with E-state index in [0.717, 1.165) is 83.5 Å². The zero-order valence-corrected chi connectivity index (χ0v) is 35.3. The summed E-state index contributed by atoms with van der Waals surface area (Å²) < 4.78 is 2.88. The molecule has 0 spiro atoms. The Kier molecular flexibility index (Phi) is 15.6. The van der Waals surface area contributed by atoms with Crippen LogP contribution in [0.1, 0.15) is 163 Å². The average Bonchev–Trinajstić information content (AvgIpc) is 3.17. The van der Waals surface area contributed by atoms with Gasteiger partial charge in [0.2, 0.25) is 5.88 Å². The molecule has 0 unspecified atom stereocenters. The molecule has 0 saturated heterocycles. The molecule has 3 aromatic rings. The molecule has 0 saturated carbocycles. The maximum Gasteiger partial charge on any atom is 0.263 e. The van der Waals surface area contributed by atoms with Crippen LogP contribution in [0, 0.1) is 0 Å². The van der Waals surface area contributed by atoms with Crippen molar-refractivity contribution in [3.63, 3.8) is 0 Å². The van der Waals surface area contributed by atoms with Crippen LogP contribution in [0.3, 0.4) is 0 Å². The van der Waals surface area contributed by atoms with Gasteiger partial charge in [-0.3, -0.25) is 23.5 Å². The van der Waals surface area contributed by atoms with Gasteiger partial charge in [0.15, 0.2) is 0 Å². The normalized spacial score (nSPS) is 12.6. The Bertz CT molecular complexity index is 2210. The number of hydrogen-bond acceptors (Lipinski definition) is 6. The Labute approximate surface area is 334 Å². The number of nitrogens with zero attached hydrogens (tertiary/aromatic N) is 3. The smallest absolute Gasteiger partial charge is 0.263 e. The highest BCUT2D eigenvalue weighted by Gasteiger charge is 2.29. The standard InChI is InChI=1S/C48H68N4O4/c1-7-10-13-16-19-22-29-49-38-32-36-41-40-37(45(54)51(46(55)42(38)40)30-23-20-17-14-11-8-2)33-39(50-35-27-25-34(26-28-35)48(4,5)6)43(41)47(56)52(44(36)53)31-24-21-18-15-12-9-3/h25-28,32-33,49,53H,7-24,29-31H2,1-6H3. The molecule has 1 aromatic heterocycles. The summed E-state index contributed by atoms with van der Waals surface area (Å²) in [6, 6.07) is 11.6. The molecule has 1 aliphatic carbocycles. The largest absolute Gasteiger partial charge is 0.494 e. The van der Waals surface area contributed by atoms with Crippen LogP contribution < -0.4 is 27.4 Å². The van der Waals surface area contributed by atoms with Gasteiger partial charge in [-0.25, -0.2) is 4.99 Å². The van der Waals surface area contributed by atoms with E-state index in [2.05, 4.69) is 59.0 Å². The molecule has 2 N–H and O–H groups in total. The molecule has 2 aromatic carbocycles. The number of aromatic nitrogens is 2. The van der Waals surface area contributed by atoms with Crippen LogP contribution in [-0.2, 0) is 18.5 Å². The Hall–Kier alpha value is -4.20. The van der Waals surface area contributed by atoms with Gasteiger partial charge in [0, 0.05) is 41.7 Å². The van der Waals surface area contributed by atoms with E-state index in [1.165, 1.54) is 46.8 Å². The Morgan fingerprint density at radius 2 is 1.12 bits per heavy atom. The second-order valence-electron chi connectivity index (χ2n) is 17.1. The molecule has 0 amide bonds. The fourth-order valence-electron chi connectivity index (χ4n) is 8.20. The molecular weight excluding hydrogens is 697 g/mol. The van der Waals surface area contributed by atoms with Crippen molar-refractivity contribution in [1.29, 1.82) is 0 Å². The van der Waals surface area contributed by atoms with Crippen molar-refractivity contribution in [2.24, 2.45) is 4.99 Å². The van der Waals surface area contributed by atoms with Crippen molar-refractivity contribution in [3.05, 3.63) is 78.4 Å². The summed E-state index contributed by atoms with van der Waals surface area (Å²) in [4.78, 5) is 48.8. The number of unbranched alkanes of at least 4 members (excludes halogenated alkanes) is 15. The number of rotatable bonds is 23. The maximum atomic E-state index is 14.7. The van der Waals surface area contributed by atoms with Gasteiger partial charge in [-0.05, 0) is 54.5 Å². The highest BCUT2D eigenvalue weighted by atomic mass is 16.3. The van der Waals surface area contributed by atoms with Crippen LogP contribution in [0.4, 0.5) is 11.4 Å². The van der Waals surface area contributed by atoms with Crippen molar-refractivity contribution < 1.29 is 5.11 Å². The topological polar surface area (TPSA) is 106 Å². The lowest BCUT2D eigenvalue weighted by Gasteiger charge is -2.22. The molecule has 0 fully saturated rings. The third kappa shape index (κ3) is 10.0. The summed E-state index contributed by atoms with van der Waals surface area (Å²) in [6.07, 6.45) is 19.3. The monoisotopic (exact) mass is 765 g/mol. The van der Waals surface area contributed by atoms with Gasteiger partial charge in [-0.2, -0.15) is 0 Å². The van der Waals surface area contributed by atoms with E-state index in [1.807, 2.05) is 18.2 Å². The molecule has 2 aliphatic rings. The van der Waals surface area contributed by atoms with Gasteiger partial charge in [0.25, 0.3) is 16.7 Å². The number of anilines is 1. The van der Waals surface area contributed by atoms with Crippen molar-refractivity contribution in [2.45, 2.75) is 176 Å². The molecule has 304 valence electrons. The van der Waals surface area contributed by atoms with E-state index >= 15 is 0 Å². The van der Waals surface area contributed by atoms with E-state index in [-0.39, 0.29) is 28.0 Å². The third-order valence-electron chi connectivity index (χ3n) is 11.6. The first-order valence-electron chi connectivity index (χ1n) is 22.0. The second-order valence-corrected chi connectivity index (χ2v) is 17.1. The molecular formula is C48H68N4O4. The van der Waals surface area contributed by atoms with Crippen molar-refractivity contribution >= 4 is 32.9 Å². The number of nitrogens with one attached hydrogen (secondary N) is 1. The van der Waals surface area contributed by atoms with Crippen molar-refractivity contribution in [2.75, 3.05) is 11.9 Å². The fraction of sp³-hybridized carbons (Fsp3) is 0.583. The zero-order chi connectivity index (χ0) is 40.2. The van der Waals surface area contributed by atoms with Gasteiger partial charge >= 0.3 is 0 Å². The van der Waals surface area contributed by atoms with E-state index in [0.29, 0.717) is 69.0 Å². The first-order valence-corrected chi connectivity index (χ1v) is 22.0. The Morgan fingerprint density at radius 1 is 0.607 bits per heavy atom. The number of benzene rings is 3. The highest BCUT2D eigenvalue weighted by Crippen LogP contribution is 2.41. The fourth-order valence-corrected chi connectivity index (χ4v) is 8.20. The summed E-state index contributed by atoms with van der Waals surface area (Å²) in [5.41, 5.74) is 2.11. The lowest BCUT2D eigenvalue weighted by Crippen LogP contribution is -2.37. The Balaban J connectivity index is 1.74. The minimum absolute atomic E-state index is 0.0392. The predicted octanol–water partition coefficient (Wildman–Crippen LogP) is 11.4. The maximum absolute atomic E-state index is 14.7. The van der Waals surface area contributed by atoms with Crippen LogP contribution in [0.15, 0.2) is 55.8 Å². The number of pyridine rings is 2. The molecule has 56 heavy (non-hydrogen) atoms. The van der Waals surface area contributed by atoms with E-state index in [1.54, 1.807) is 6.07 Å². The SMILES string of the molecule is CCCCCCCCNc1cc2c(O)n(CCCCCCCC)c(=O)c3c(=Nc4ccc(C(C)(C)C)cc4)cc4c(=O)n(CCCCCCCC)c(=O)c1c-4c23. The molecule has 0 bridgehead atoms. The highest BCUT2D eigenvalue weighted by molar-refractivity contribution is 6.18. The summed E-state index contributed by atoms with van der Waals surface area (Å²) in [6.45, 7) is 14.4. The van der Waals surface area contributed by atoms with Gasteiger partial charge in [0.1, 0.15) is 0 Å². The molecule has 5 rings (SSSR count).